The molecular formula is C20H22N2O3. The Balaban J connectivity index is 1.65. The predicted molar refractivity (Wildman–Crippen MR) is 94.4 cm³/mol. The van der Waals surface area contributed by atoms with Crippen LogP contribution in [0.3, 0.4) is 0 Å². The molecule has 0 N–H and O–H groups in total. The SMILES string of the molecule is CC(=O)c1ccccc1C(=O)N1CCC[C@@H](OCc2ccccn2)C1. The number of hydrogen-bond donors (Lipinski definition) is 0. The van der Waals surface area contributed by atoms with Gasteiger partial charge in [0.15, 0.2) is 5.78 Å². The van der Waals surface area contributed by atoms with Gasteiger partial charge in [0, 0.05) is 24.8 Å². The molecule has 0 bridgehead atoms. The summed E-state index contributed by atoms with van der Waals surface area (Å²) in [5.41, 5.74) is 1.83. The lowest BCUT2D eigenvalue weighted by Crippen LogP contribution is -2.43. The Morgan fingerprint density at radius 3 is 2.64 bits per heavy atom. The number of benzene rings is 1. The molecule has 130 valence electrons. The number of carbonyl (C=O) groups is 2. The van der Waals surface area contributed by atoms with Crippen LogP contribution in [0.5, 0.6) is 0 Å². The summed E-state index contributed by atoms with van der Waals surface area (Å²) >= 11 is 0. The summed E-state index contributed by atoms with van der Waals surface area (Å²) < 4.78 is 5.94. The number of amides is 1. The number of likely N-dealkylation sites (tertiary alicyclic amines) is 1. The van der Waals surface area contributed by atoms with Crippen LogP contribution >= 0.6 is 0 Å². The summed E-state index contributed by atoms with van der Waals surface area (Å²) in [5.74, 6) is -0.194. The summed E-state index contributed by atoms with van der Waals surface area (Å²) in [7, 11) is 0. The first kappa shape index (κ1) is 17.3. The van der Waals surface area contributed by atoms with Gasteiger partial charge in [-0.05, 0) is 38.0 Å². The van der Waals surface area contributed by atoms with Crippen molar-refractivity contribution in [2.24, 2.45) is 0 Å². The fraction of sp³-hybridized carbons (Fsp3) is 0.350. The normalized spacial score (nSPS) is 17.3. The second kappa shape index (κ2) is 8.03. The number of rotatable bonds is 5. The molecule has 1 atom stereocenters. The van der Waals surface area contributed by atoms with Crippen LogP contribution in [-0.4, -0.2) is 40.8 Å². The van der Waals surface area contributed by atoms with Crippen molar-refractivity contribution in [3.63, 3.8) is 0 Å². The second-order valence-electron chi connectivity index (χ2n) is 6.25. The van der Waals surface area contributed by atoms with E-state index in [1.54, 1.807) is 35.4 Å². The third-order valence-corrected chi connectivity index (χ3v) is 4.40. The summed E-state index contributed by atoms with van der Waals surface area (Å²) in [5, 5.41) is 0. The monoisotopic (exact) mass is 338 g/mol. The molecule has 2 heterocycles. The number of Topliss-reactive ketones (excluding diaryl/α,β-unsaturated/α-hetero) is 1. The van der Waals surface area contributed by atoms with Crippen molar-refractivity contribution in [3.8, 4) is 0 Å². The van der Waals surface area contributed by atoms with Crippen LogP contribution in [0.25, 0.3) is 0 Å². The van der Waals surface area contributed by atoms with Gasteiger partial charge in [0.05, 0.1) is 24.0 Å². The molecule has 1 saturated heterocycles. The van der Waals surface area contributed by atoms with Gasteiger partial charge in [-0.3, -0.25) is 14.6 Å². The third-order valence-electron chi connectivity index (χ3n) is 4.40. The number of aromatic nitrogens is 1. The zero-order valence-corrected chi connectivity index (χ0v) is 14.4. The minimum Gasteiger partial charge on any atom is -0.370 e. The van der Waals surface area contributed by atoms with Crippen molar-refractivity contribution in [2.45, 2.75) is 32.5 Å². The van der Waals surface area contributed by atoms with Crippen molar-refractivity contribution in [1.29, 1.82) is 0 Å². The summed E-state index contributed by atoms with van der Waals surface area (Å²) in [6.07, 6.45) is 3.55. The molecule has 0 unspecified atom stereocenters. The Morgan fingerprint density at radius 1 is 1.16 bits per heavy atom. The Bertz CT molecular complexity index is 746. The molecule has 1 aromatic heterocycles. The summed E-state index contributed by atoms with van der Waals surface area (Å²) in [6.45, 7) is 3.16. The van der Waals surface area contributed by atoms with Crippen LogP contribution in [0.15, 0.2) is 48.7 Å². The molecule has 1 aliphatic heterocycles. The van der Waals surface area contributed by atoms with Crippen molar-refractivity contribution < 1.29 is 14.3 Å². The highest BCUT2D eigenvalue weighted by Crippen LogP contribution is 2.19. The fourth-order valence-corrected chi connectivity index (χ4v) is 3.09. The highest BCUT2D eigenvalue weighted by atomic mass is 16.5. The topological polar surface area (TPSA) is 59.5 Å². The van der Waals surface area contributed by atoms with Crippen LogP contribution in [0.4, 0.5) is 0 Å². The van der Waals surface area contributed by atoms with E-state index in [1.165, 1.54) is 6.92 Å². The Morgan fingerprint density at radius 2 is 1.92 bits per heavy atom. The van der Waals surface area contributed by atoms with Gasteiger partial charge < -0.3 is 9.64 Å². The Hall–Kier alpha value is -2.53. The van der Waals surface area contributed by atoms with E-state index < -0.39 is 0 Å². The first-order valence-corrected chi connectivity index (χ1v) is 8.56. The van der Waals surface area contributed by atoms with Gasteiger partial charge in [0.2, 0.25) is 0 Å². The number of nitrogens with zero attached hydrogens (tertiary/aromatic N) is 2. The number of ether oxygens (including phenoxy) is 1. The van der Waals surface area contributed by atoms with Crippen LogP contribution in [-0.2, 0) is 11.3 Å². The molecule has 0 radical (unpaired) electrons. The predicted octanol–water partition coefficient (Wildman–Crippen LogP) is 3.11. The molecule has 0 saturated carbocycles. The zero-order chi connectivity index (χ0) is 17.6. The average molecular weight is 338 g/mol. The van der Waals surface area contributed by atoms with Crippen molar-refractivity contribution in [1.82, 2.24) is 9.88 Å². The minimum absolute atomic E-state index is 0.0100. The maximum atomic E-state index is 12.9. The van der Waals surface area contributed by atoms with Crippen molar-refractivity contribution >= 4 is 11.7 Å². The first-order valence-electron chi connectivity index (χ1n) is 8.56. The van der Waals surface area contributed by atoms with E-state index in [0.29, 0.717) is 30.8 Å². The number of hydrogen-bond acceptors (Lipinski definition) is 4. The Labute approximate surface area is 147 Å². The van der Waals surface area contributed by atoms with E-state index >= 15 is 0 Å². The third kappa shape index (κ3) is 4.31. The zero-order valence-electron chi connectivity index (χ0n) is 14.4. The molecule has 5 heteroatoms. The Kier molecular flexibility index (Phi) is 5.56. The first-order chi connectivity index (χ1) is 12.1. The van der Waals surface area contributed by atoms with Crippen molar-refractivity contribution in [2.75, 3.05) is 13.1 Å². The van der Waals surface area contributed by atoms with E-state index in [0.717, 1.165) is 18.5 Å². The summed E-state index contributed by atoms with van der Waals surface area (Å²) in [6, 6.07) is 12.7. The molecule has 2 aromatic rings. The molecule has 25 heavy (non-hydrogen) atoms. The number of pyridine rings is 1. The quantitative estimate of drug-likeness (QED) is 0.786. The highest BCUT2D eigenvalue weighted by molar-refractivity contribution is 6.07. The largest absolute Gasteiger partial charge is 0.370 e. The molecule has 1 aliphatic rings. The second-order valence-corrected chi connectivity index (χ2v) is 6.25. The maximum absolute atomic E-state index is 12.9. The van der Waals surface area contributed by atoms with Crippen molar-refractivity contribution in [3.05, 3.63) is 65.5 Å². The number of piperidine rings is 1. The van der Waals surface area contributed by atoms with Gasteiger partial charge in [-0.15, -0.1) is 0 Å². The van der Waals surface area contributed by atoms with Gasteiger partial charge in [-0.1, -0.05) is 24.3 Å². The van der Waals surface area contributed by atoms with E-state index in [4.69, 9.17) is 4.74 Å². The van der Waals surface area contributed by atoms with Crippen LogP contribution < -0.4 is 0 Å². The van der Waals surface area contributed by atoms with E-state index in [1.807, 2.05) is 18.2 Å². The standard InChI is InChI=1S/C20H22N2O3/c1-15(23)18-9-2-3-10-19(18)20(24)22-12-6-8-17(13-22)25-14-16-7-4-5-11-21-16/h2-5,7,9-11,17H,6,8,12-14H2,1H3/t17-/m1/s1. The minimum atomic E-state index is -0.100. The van der Waals surface area contributed by atoms with Gasteiger partial charge >= 0.3 is 0 Å². The lowest BCUT2D eigenvalue weighted by molar-refractivity contribution is -0.00787. The van der Waals surface area contributed by atoms with E-state index in [-0.39, 0.29) is 17.8 Å². The van der Waals surface area contributed by atoms with Crippen LogP contribution in [0, 0.1) is 0 Å². The van der Waals surface area contributed by atoms with E-state index in [2.05, 4.69) is 4.98 Å². The molecule has 1 fully saturated rings. The van der Waals surface area contributed by atoms with Gasteiger partial charge in [-0.2, -0.15) is 0 Å². The average Bonchev–Trinajstić information content (AvgIpc) is 2.67. The lowest BCUT2D eigenvalue weighted by Gasteiger charge is -2.33. The highest BCUT2D eigenvalue weighted by Gasteiger charge is 2.26. The number of ketones is 1. The van der Waals surface area contributed by atoms with Gasteiger partial charge in [-0.25, -0.2) is 0 Å². The maximum Gasteiger partial charge on any atom is 0.254 e. The molecule has 0 aliphatic carbocycles. The summed E-state index contributed by atoms with van der Waals surface area (Å²) in [4.78, 5) is 30.7. The van der Waals surface area contributed by atoms with Crippen LogP contribution in [0.2, 0.25) is 0 Å². The molecule has 3 rings (SSSR count). The van der Waals surface area contributed by atoms with Gasteiger partial charge in [0.1, 0.15) is 0 Å². The molecule has 0 spiro atoms. The van der Waals surface area contributed by atoms with E-state index in [9.17, 15) is 9.59 Å². The smallest absolute Gasteiger partial charge is 0.254 e. The van der Waals surface area contributed by atoms with Crippen LogP contribution in [0.1, 0.15) is 46.2 Å². The molecule has 5 nitrogen and oxygen atoms in total. The molecular weight excluding hydrogens is 316 g/mol. The number of carbonyl (C=O) groups excluding carboxylic acids is 2. The molecule has 1 aromatic carbocycles. The van der Waals surface area contributed by atoms with Gasteiger partial charge in [0.25, 0.3) is 5.91 Å². The fourth-order valence-electron chi connectivity index (χ4n) is 3.09. The molecule has 1 amide bonds. The lowest BCUT2D eigenvalue weighted by atomic mass is 10.0.